The zero-order valence-corrected chi connectivity index (χ0v) is 18.0. The van der Waals surface area contributed by atoms with Crippen molar-refractivity contribution in [2.45, 2.75) is 51.1 Å². The van der Waals surface area contributed by atoms with Gasteiger partial charge in [-0.1, -0.05) is 11.8 Å². The summed E-state index contributed by atoms with van der Waals surface area (Å²) in [6.45, 7) is 9.53. The number of hydrogen-bond donors (Lipinski definition) is 1. The van der Waals surface area contributed by atoms with Crippen LogP contribution >= 0.6 is 23.1 Å². The molecule has 0 fully saturated rings. The van der Waals surface area contributed by atoms with Crippen LogP contribution in [0.3, 0.4) is 0 Å². The Balaban J connectivity index is 1.92. The molecular weight excluding hydrogens is 397 g/mol. The number of thiophene rings is 1. The maximum absolute atomic E-state index is 13.1. The molecule has 5 nitrogen and oxygen atoms in total. The van der Waals surface area contributed by atoms with Crippen molar-refractivity contribution in [3.05, 3.63) is 50.9 Å². The molecule has 1 atom stereocenters. The Labute approximate surface area is 171 Å². The van der Waals surface area contributed by atoms with Gasteiger partial charge < -0.3 is 5.32 Å². The summed E-state index contributed by atoms with van der Waals surface area (Å²) in [5.74, 6) is -0.597. The molecule has 0 bridgehead atoms. The SMILES string of the molecule is Cc1sc2nc(S[C@@H](C)C(=O)Nc3ccc(F)cc3)n(C(C)C)c(=O)c2c1C. The molecule has 0 radical (unpaired) electrons. The minimum Gasteiger partial charge on any atom is -0.325 e. The topological polar surface area (TPSA) is 64.0 Å². The molecule has 0 unspecified atom stereocenters. The van der Waals surface area contributed by atoms with Gasteiger partial charge in [0.2, 0.25) is 5.91 Å². The molecule has 0 aliphatic heterocycles. The van der Waals surface area contributed by atoms with Crippen molar-refractivity contribution in [3.8, 4) is 0 Å². The maximum Gasteiger partial charge on any atom is 0.263 e. The van der Waals surface area contributed by atoms with Crippen molar-refractivity contribution >= 4 is 44.9 Å². The number of fused-ring (bicyclic) bond motifs is 1. The van der Waals surface area contributed by atoms with Crippen LogP contribution in [0, 0.1) is 19.7 Å². The number of carbonyl (C=O) groups is 1. The summed E-state index contributed by atoms with van der Waals surface area (Å²) in [4.78, 5) is 32.1. The summed E-state index contributed by atoms with van der Waals surface area (Å²) < 4.78 is 14.7. The van der Waals surface area contributed by atoms with E-state index in [0.29, 0.717) is 21.1 Å². The van der Waals surface area contributed by atoms with Gasteiger partial charge in [0.1, 0.15) is 10.6 Å². The third-order valence-corrected chi connectivity index (χ3v) is 6.65. The Kier molecular flexibility index (Phi) is 5.90. The highest BCUT2D eigenvalue weighted by molar-refractivity contribution is 8.00. The van der Waals surface area contributed by atoms with Crippen LogP contribution in [-0.4, -0.2) is 20.7 Å². The summed E-state index contributed by atoms with van der Waals surface area (Å²) >= 11 is 2.74. The standard InChI is InChI=1S/C20H22FN3O2S2/c1-10(2)24-19(26)16-11(3)12(4)27-18(16)23-20(24)28-13(5)17(25)22-15-8-6-14(21)7-9-15/h6-10,13H,1-5H3,(H,22,25)/t13-/m0/s1. The number of carbonyl (C=O) groups excluding carboxylic acids is 1. The molecular formula is C20H22FN3O2S2. The van der Waals surface area contributed by atoms with E-state index in [0.717, 1.165) is 10.4 Å². The van der Waals surface area contributed by atoms with Gasteiger partial charge in [0.15, 0.2) is 5.16 Å². The molecule has 1 aromatic carbocycles. The number of hydrogen-bond acceptors (Lipinski definition) is 5. The molecule has 2 heterocycles. The summed E-state index contributed by atoms with van der Waals surface area (Å²) in [6, 6.07) is 5.52. The number of anilines is 1. The first-order valence-electron chi connectivity index (χ1n) is 8.94. The third-order valence-electron chi connectivity index (χ3n) is 4.48. The Morgan fingerprint density at radius 1 is 1.21 bits per heavy atom. The van der Waals surface area contributed by atoms with Crippen LogP contribution in [0.5, 0.6) is 0 Å². The zero-order valence-electron chi connectivity index (χ0n) is 16.4. The average molecular weight is 420 g/mol. The molecule has 3 aromatic rings. The molecule has 1 N–H and O–H groups in total. The summed E-state index contributed by atoms with van der Waals surface area (Å²) in [7, 11) is 0. The Bertz CT molecular complexity index is 1090. The molecule has 2 aromatic heterocycles. The number of thioether (sulfide) groups is 1. The molecule has 148 valence electrons. The molecule has 0 spiro atoms. The van der Waals surface area contributed by atoms with Crippen molar-refractivity contribution < 1.29 is 9.18 Å². The zero-order chi connectivity index (χ0) is 20.6. The van der Waals surface area contributed by atoms with Gasteiger partial charge in [-0.25, -0.2) is 9.37 Å². The molecule has 8 heteroatoms. The molecule has 1 amide bonds. The summed E-state index contributed by atoms with van der Waals surface area (Å²) in [5.41, 5.74) is 1.41. The van der Waals surface area contributed by atoms with E-state index < -0.39 is 5.25 Å². The smallest absolute Gasteiger partial charge is 0.263 e. The lowest BCUT2D eigenvalue weighted by Gasteiger charge is -2.18. The van der Waals surface area contributed by atoms with Crippen LogP contribution in [0.25, 0.3) is 10.2 Å². The van der Waals surface area contributed by atoms with Crippen LogP contribution in [0.1, 0.15) is 37.3 Å². The first kappa shape index (κ1) is 20.5. The number of aryl methyl sites for hydroxylation is 2. The average Bonchev–Trinajstić information content (AvgIpc) is 2.90. The van der Waals surface area contributed by atoms with Crippen LogP contribution in [0.2, 0.25) is 0 Å². The highest BCUT2D eigenvalue weighted by Crippen LogP contribution is 2.31. The molecule has 0 aliphatic carbocycles. The Morgan fingerprint density at radius 2 is 1.86 bits per heavy atom. The van der Waals surface area contributed by atoms with Crippen LogP contribution in [0.4, 0.5) is 10.1 Å². The van der Waals surface area contributed by atoms with Crippen molar-refractivity contribution in [2.24, 2.45) is 0 Å². The monoisotopic (exact) mass is 419 g/mol. The fourth-order valence-electron chi connectivity index (χ4n) is 2.81. The number of benzene rings is 1. The minimum atomic E-state index is -0.485. The van der Waals surface area contributed by atoms with E-state index in [-0.39, 0.29) is 23.3 Å². The van der Waals surface area contributed by atoms with E-state index in [1.54, 1.807) is 11.5 Å². The number of rotatable bonds is 5. The van der Waals surface area contributed by atoms with Gasteiger partial charge in [-0.3, -0.25) is 14.2 Å². The number of amides is 1. The minimum absolute atomic E-state index is 0.0736. The highest BCUT2D eigenvalue weighted by Gasteiger charge is 2.22. The lowest BCUT2D eigenvalue weighted by Crippen LogP contribution is -2.28. The fraction of sp³-hybridized carbons (Fsp3) is 0.350. The fourth-order valence-corrected chi connectivity index (χ4v) is 4.93. The maximum atomic E-state index is 13.1. The molecule has 0 saturated heterocycles. The lowest BCUT2D eigenvalue weighted by atomic mass is 10.2. The quantitative estimate of drug-likeness (QED) is 0.471. The van der Waals surface area contributed by atoms with Gasteiger partial charge in [-0.2, -0.15) is 0 Å². The van der Waals surface area contributed by atoms with Crippen molar-refractivity contribution in [3.63, 3.8) is 0 Å². The first-order valence-corrected chi connectivity index (χ1v) is 10.6. The second-order valence-electron chi connectivity index (χ2n) is 6.88. The predicted molar refractivity (Wildman–Crippen MR) is 114 cm³/mol. The second-order valence-corrected chi connectivity index (χ2v) is 9.39. The van der Waals surface area contributed by atoms with E-state index >= 15 is 0 Å². The highest BCUT2D eigenvalue weighted by atomic mass is 32.2. The lowest BCUT2D eigenvalue weighted by molar-refractivity contribution is -0.115. The van der Waals surface area contributed by atoms with Crippen molar-refractivity contribution in [1.82, 2.24) is 9.55 Å². The molecule has 0 saturated carbocycles. The summed E-state index contributed by atoms with van der Waals surface area (Å²) in [5, 5.41) is 3.46. The predicted octanol–water partition coefficient (Wildman–Crippen LogP) is 4.91. The normalized spacial score (nSPS) is 12.5. The van der Waals surface area contributed by atoms with Crippen LogP contribution in [-0.2, 0) is 4.79 Å². The van der Waals surface area contributed by atoms with Crippen molar-refractivity contribution in [2.75, 3.05) is 5.32 Å². The van der Waals surface area contributed by atoms with Gasteiger partial charge >= 0.3 is 0 Å². The van der Waals surface area contributed by atoms with Crippen molar-refractivity contribution in [1.29, 1.82) is 0 Å². The van der Waals surface area contributed by atoms with Gasteiger partial charge in [0, 0.05) is 16.6 Å². The first-order chi connectivity index (χ1) is 13.2. The van der Waals surface area contributed by atoms with Crippen LogP contribution < -0.4 is 10.9 Å². The third kappa shape index (κ3) is 3.98. The van der Waals surface area contributed by atoms with E-state index in [9.17, 15) is 14.0 Å². The number of aromatic nitrogens is 2. The van der Waals surface area contributed by atoms with E-state index in [1.807, 2.05) is 27.7 Å². The largest absolute Gasteiger partial charge is 0.325 e. The van der Waals surface area contributed by atoms with Crippen LogP contribution in [0.15, 0.2) is 34.2 Å². The van der Waals surface area contributed by atoms with Gasteiger partial charge in [-0.05, 0) is 64.4 Å². The Morgan fingerprint density at radius 3 is 2.46 bits per heavy atom. The van der Waals surface area contributed by atoms with E-state index in [2.05, 4.69) is 5.32 Å². The van der Waals surface area contributed by atoms with Gasteiger partial charge in [0.05, 0.1) is 10.6 Å². The van der Waals surface area contributed by atoms with Gasteiger partial charge in [-0.15, -0.1) is 11.3 Å². The van der Waals surface area contributed by atoms with Gasteiger partial charge in [0.25, 0.3) is 5.56 Å². The molecule has 0 aliphatic rings. The Hall–Kier alpha value is -2.19. The summed E-state index contributed by atoms with van der Waals surface area (Å²) in [6.07, 6.45) is 0. The molecule has 28 heavy (non-hydrogen) atoms. The molecule has 3 rings (SSSR count). The number of nitrogens with one attached hydrogen (secondary N) is 1. The van der Waals surface area contributed by atoms with E-state index in [1.165, 1.54) is 47.4 Å². The van der Waals surface area contributed by atoms with E-state index in [4.69, 9.17) is 4.98 Å². The number of halogens is 1. The number of nitrogens with zero attached hydrogens (tertiary/aromatic N) is 2. The second kappa shape index (κ2) is 8.05.